The number of ether oxygens (including phenoxy) is 1. The van der Waals surface area contributed by atoms with Gasteiger partial charge in [-0.15, -0.1) is 0 Å². The van der Waals surface area contributed by atoms with Gasteiger partial charge in [0, 0.05) is 10.9 Å². The third-order valence-corrected chi connectivity index (χ3v) is 9.59. The summed E-state index contributed by atoms with van der Waals surface area (Å²) in [4.78, 5) is 0. The quantitative estimate of drug-likeness (QED) is 0.188. The Bertz CT molecular complexity index is 2670. The first-order valence-corrected chi connectivity index (χ1v) is 15.5. The number of hydrogen-bond acceptors (Lipinski definition) is 1. The highest BCUT2D eigenvalue weighted by Crippen LogP contribution is 2.47. The normalized spacial score (nSPS) is 12.2. The molecule has 0 aromatic heterocycles. The van der Waals surface area contributed by atoms with Gasteiger partial charge in [-0.05, 0) is 113 Å². The van der Waals surface area contributed by atoms with Gasteiger partial charge in [0.2, 0.25) is 0 Å². The highest BCUT2D eigenvalue weighted by Gasteiger charge is 2.20. The van der Waals surface area contributed by atoms with Crippen LogP contribution in [0, 0.1) is 0 Å². The molecule has 10 rings (SSSR count). The molecule has 0 N–H and O–H groups in total. The monoisotopic (exact) mass is 570 g/mol. The second-order valence-corrected chi connectivity index (χ2v) is 12.1. The van der Waals surface area contributed by atoms with Gasteiger partial charge >= 0.3 is 0 Å². The Morgan fingerprint density at radius 2 is 0.933 bits per heavy atom. The zero-order valence-corrected chi connectivity index (χ0v) is 24.4. The average Bonchev–Trinajstić information content (AvgIpc) is 3.10. The van der Waals surface area contributed by atoms with Crippen molar-refractivity contribution in [3.8, 4) is 44.9 Å². The predicted molar refractivity (Wildman–Crippen MR) is 190 cm³/mol. The van der Waals surface area contributed by atoms with Crippen LogP contribution in [0.5, 0.6) is 11.5 Å². The van der Waals surface area contributed by atoms with Crippen molar-refractivity contribution in [3.05, 3.63) is 158 Å². The first-order chi connectivity index (χ1) is 22.3. The summed E-state index contributed by atoms with van der Waals surface area (Å²) in [6.45, 7) is 0. The summed E-state index contributed by atoms with van der Waals surface area (Å²) in [5.41, 5.74) is 7.26. The van der Waals surface area contributed by atoms with Crippen molar-refractivity contribution in [2.75, 3.05) is 0 Å². The first kappa shape index (κ1) is 24.5. The maximum Gasteiger partial charge on any atom is 0.135 e. The second kappa shape index (κ2) is 9.29. The smallest absolute Gasteiger partial charge is 0.135 e. The molecule has 1 aliphatic rings. The summed E-state index contributed by atoms with van der Waals surface area (Å²) >= 11 is 0. The first-order valence-electron chi connectivity index (χ1n) is 15.5. The van der Waals surface area contributed by atoms with Crippen molar-refractivity contribution >= 4 is 53.9 Å². The Kier molecular flexibility index (Phi) is 5.06. The number of rotatable bonds is 2. The van der Waals surface area contributed by atoms with E-state index in [1.165, 1.54) is 81.7 Å². The fourth-order valence-corrected chi connectivity index (χ4v) is 7.45. The largest absolute Gasteiger partial charge is 0.456 e. The lowest BCUT2D eigenvalue weighted by atomic mass is 9.89. The Morgan fingerprint density at radius 3 is 1.82 bits per heavy atom. The molecule has 0 amide bonds. The Labute approximate surface area is 260 Å². The molecule has 0 aliphatic carbocycles. The molecule has 1 heterocycles. The molecule has 0 spiro atoms. The average molecular weight is 571 g/mol. The van der Waals surface area contributed by atoms with Gasteiger partial charge in [0.05, 0.1) is 0 Å². The molecule has 0 atom stereocenters. The fourth-order valence-electron chi connectivity index (χ4n) is 7.45. The summed E-state index contributed by atoms with van der Waals surface area (Å²) in [6, 6.07) is 57.4. The van der Waals surface area contributed by atoms with Crippen molar-refractivity contribution in [2.24, 2.45) is 0 Å². The maximum atomic E-state index is 6.34. The molecule has 1 heteroatoms. The fraction of sp³-hybridized carbons (Fsp3) is 0. The Balaban J connectivity index is 1.09. The minimum Gasteiger partial charge on any atom is -0.456 e. The van der Waals surface area contributed by atoms with E-state index < -0.39 is 0 Å². The van der Waals surface area contributed by atoms with Crippen LogP contribution in [0.2, 0.25) is 0 Å². The van der Waals surface area contributed by atoms with Gasteiger partial charge in [0.1, 0.15) is 11.5 Å². The third-order valence-electron chi connectivity index (χ3n) is 9.59. The van der Waals surface area contributed by atoms with Crippen LogP contribution in [0.4, 0.5) is 0 Å². The van der Waals surface area contributed by atoms with Crippen LogP contribution in [0.3, 0.4) is 0 Å². The highest BCUT2D eigenvalue weighted by atomic mass is 16.5. The summed E-state index contributed by atoms with van der Waals surface area (Å²) in [7, 11) is 0. The van der Waals surface area contributed by atoms with Gasteiger partial charge in [-0.25, -0.2) is 0 Å². The van der Waals surface area contributed by atoms with Crippen molar-refractivity contribution in [1.29, 1.82) is 0 Å². The lowest BCUT2D eigenvalue weighted by Gasteiger charge is -2.22. The van der Waals surface area contributed by atoms with E-state index in [1.54, 1.807) is 0 Å². The van der Waals surface area contributed by atoms with Crippen LogP contribution in [-0.2, 0) is 0 Å². The highest BCUT2D eigenvalue weighted by molar-refractivity contribution is 6.23. The van der Waals surface area contributed by atoms with E-state index in [-0.39, 0.29) is 0 Å². The molecule has 0 saturated carbocycles. The molecule has 1 nitrogen and oxygen atoms in total. The van der Waals surface area contributed by atoms with E-state index in [0.717, 1.165) is 17.1 Å². The minimum absolute atomic E-state index is 0.908. The Hall–Kier alpha value is -5.92. The number of fused-ring (bicyclic) bond motifs is 8. The molecule has 0 bridgehead atoms. The standard InChI is InChI=1S/C44H26O/c1-2-10-35-27(7-1)15-20-34-26-39(36-11-3-4-12-37(36)43(34)35)33-19-18-29-23-30(16-17-31(29)24-33)32-21-22-41-40(25-32)38-13-5-8-28-9-6-14-42(45-41)44(28)38/h1-26H. The molecule has 45 heavy (non-hydrogen) atoms. The lowest BCUT2D eigenvalue weighted by Crippen LogP contribution is -1.97. The van der Waals surface area contributed by atoms with E-state index in [4.69, 9.17) is 4.74 Å². The van der Waals surface area contributed by atoms with Gasteiger partial charge in [-0.3, -0.25) is 0 Å². The van der Waals surface area contributed by atoms with Crippen molar-refractivity contribution in [3.63, 3.8) is 0 Å². The van der Waals surface area contributed by atoms with Gasteiger partial charge in [-0.2, -0.15) is 0 Å². The summed E-state index contributed by atoms with van der Waals surface area (Å²) in [5, 5.41) is 12.6. The molecular formula is C44H26O. The summed E-state index contributed by atoms with van der Waals surface area (Å²) in [6.07, 6.45) is 0. The van der Waals surface area contributed by atoms with Crippen LogP contribution in [-0.4, -0.2) is 0 Å². The van der Waals surface area contributed by atoms with Crippen LogP contribution in [0.1, 0.15) is 0 Å². The van der Waals surface area contributed by atoms with Crippen LogP contribution in [0.25, 0.3) is 87.2 Å². The van der Waals surface area contributed by atoms with Crippen LogP contribution >= 0.6 is 0 Å². The van der Waals surface area contributed by atoms with E-state index >= 15 is 0 Å². The maximum absolute atomic E-state index is 6.34. The Morgan fingerprint density at radius 1 is 0.289 bits per heavy atom. The predicted octanol–water partition coefficient (Wildman–Crippen LogP) is 12.6. The molecule has 9 aromatic carbocycles. The van der Waals surface area contributed by atoms with Crippen molar-refractivity contribution < 1.29 is 4.74 Å². The zero-order valence-electron chi connectivity index (χ0n) is 24.4. The molecule has 1 aliphatic heterocycles. The van der Waals surface area contributed by atoms with Crippen LogP contribution in [0.15, 0.2) is 158 Å². The third kappa shape index (κ3) is 3.68. The zero-order chi connectivity index (χ0) is 29.5. The molecule has 0 unspecified atom stereocenters. The topological polar surface area (TPSA) is 9.23 Å². The molecule has 0 saturated heterocycles. The van der Waals surface area contributed by atoms with E-state index in [9.17, 15) is 0 Å². The molecule has 208 valence electrons. The van der Waals surface area contributed by atoms with E-state index in [0.29, 0.717) is 0 Å². The van der Waals surface area contributed by atoms with E-state index in [2.05, 4.69) is 158 Å². The molecule has 9 aromatic rings. The lowest BCUT2D eigenvalue weighted by molar-refractivity contribution is 0.487. The van der Waals surface area contributed by atoms with Gasteiger partial charge in [0.15, 0.2) is 0 Å². The van der Waals surface area contributed by atoms with Gasteiger partial charge in [0.25, 0.3) is 0 Å². The number of hydrogen-bond donors (Lipinski definition) is 0. The van der Waals surface area contributed by atoms with Gasteiger partial charge in [-0.1, -0.05) is 121 Å². The summed E-state index contributed by atoms with van der Waals surface area (Å²) in [5.74, 6) is 1.84. The number of benzene rings is 9. The molecule has 0 radical (unpaired) electrons. The minimum atomic E-state index is 0.908. The second-order valence-electron chi connectivity index (χ2n) is 12.1. The SMILES string of the molecule is c1cc2c3c(cccc3c1)-c1cc(-c3ccc4cc(-c5cc6ccc7ccccc7c6c6ccccc56)ccc4c3)ccc1O2. The molecule has 0 fully saturated rings. The van der Waals surface area contributed by atoms with Crippen molar-refractivity contribution in [2.45, 2.75) is 0 Å². The summed E-state index contributed by atoms with van der Waals surface area (Å²) < 4.78 is 6.34. The van der Waals surface area contributed by atoms with E-state index in [1.807, 2.05) is 0 Å². The van der Waals surface area contributed by atoms with Crippen LogP contribution < -0.4 is 4.74 Å². The van der Waals surface area contributed by atoms with Gasteiger partial charge < -0.3 is 4.74 Å². The molecular weight excluding hydrogens is 544 g/mol. The van der Waals surface area contributed by atoms with Crippen molar-refractivity contribution in [1.82, 2.24) is 0 Å².